The number of carboxylic acids is 1. The lowest BCUT2D eigenvalue weighted by atomic mass is 9.88. The van der Waals surface area contributed by atoms with Crippen LogP contribution in [0.4, 0.5) is 4.79 Å². The number of nitrogens with zero attached hydrogens (tertiary/aromatic N) is 1. The largest absolute Gasteiger partial charge is 0.481 e. The number of methoxy groups -OCH3 is 1. The van der Waals surface area contributed by atoms with Crippen molar-refractivity contribution in [3.63, 3.8) is 0 Å². The normalized spacial score (nSPS) is 32.6. The van der Waals surface area contributed by atoms with Gasteiger partial charge < -0.3 is 14.7 Å². The van der Waals surface area contributed by atoms with Crippen molar-refractivity contribution in [2.24, 2.45) is 5.92 Å². The molecule has 0 aliphatic carbocycles. The number of hydrogen-bond acceptors (Lipinski definition) is 3. The fourth-order valence-corrected chi connectivity index (χ4v) is 3.11. The second kappa shape index (κ2) is 4.31. The van der Waals surface area contributed by atoms with Crippen molar-refractivity contribution >= 4 is 12.1 Å². The first kappa shape index (κ1) is 11.2. The second-order valence-corrected chi connectivity index (χ2v) is 4.70. The van der Waals surface area contributed by atoms with Gasteiger partial charge in [0.15, 0.2) is 0 Å². The number of aliphatic carboxylic acids is 1. The fourth-order valence-electron chi connectivity index (χ4n) is 3.11. The van der Waals surface area contributed by atoms with Crippen LogP contribution in [0.15, 0.2) is 0 Å². The summed E-state index contributed by atoms with van der Waals surface area (Å²) in [6.07, 6.45) is 3.53. The van der Waals surface area contributed by atoms with Gasteiger partial charge in [0.05, 0.1) is 7.11 Å². The third kappa shape index (κ3) is 1.99. The Morgan fingerprint density at radius 1 is 1.31 bits per heavy atom. The average Bonchev–Trinajstić information content (AvgIpc) is 2.49. The van der Waals surface area contributed by atoms with Crippen molar-refractivity contribution in [1.29, 1.82) is 0 Å². The van der Waals surface area contributed by atoms with Crippen LogP contribution in [0.3, 0.4) is 0 Å². The highest BCUT2D eigenvalue weighted by atomic mass is 16.5. The van der Waals surface area contributed by atoms with Crippen molar-refractivity contribution in [3.05, 3.63) is 0 Å². The first-order valence-electron chi connectivity index (χ1n) is 5.70. The van der Waals surface area contributed by atoms with E-state index >= 15 is 0 Å². The predicted octanol–water partition coefficient (Wildman–Crippen LogP) is 1.47. The number of piperidine rings is 1. The Balaban J connectivity index is 2.01. The van der Waals surface area contributed by atoms with Crippen LogP contribution in [0.25, 0.3) is 0 Å². The van der Waals surface area contributed by atoms with Gasteiger partial charge in [0.25, 0.3) is 0 Å². The Hall–Kier alpha value is -1.26. The number of rotatable bonds is 2. The molecule has 1 N–H and O–H groups in total. The van der Waals surface area contributed by atoms with E-state index in [1.54, 1.807) is 4.90 Å². The maximum atomic E-state index is 11.5. The molecule has 90 valence electrons. The summed E-state index contributed by atoms with van der Waals surface area (Å²) in [6.45, 7) is 0. The van der Waals surface area contributed by atoms with E-state index in [2.05, 4.69) is 0 Å². The van der Waals surface area contributed by atoms with Gasteiger partial charge in [-0.05, 0) is 31.6 Å². The molecule has 2 unspecified atom stereocenters. The lowest BCUT2D eigenvalue weighted by Crippen LogP contribution is -2.46. The summed E-state index contributed by atoms with van der Waals surface area (Å²) in [5.41, 5.74) is 0. The molecule has 0 aromatic rings. The number of amides is 1. The zero-order valence-electron chi connectivity index (χ0n) is 9.39. The van der Waals surface area contributed by atoms with E-state index < -0.39 is 5.97 Å². The van der Waals surface area contributed by atoms with Crippen molar-refractivity contribution in [2.45, 2.75) is 44.2 Å². The summed E-state index contributed by atoms with van der Waals surface area (Å²) in [7, 11) is 1.39. The third-order valence-corrected chi connectivity index (χ3v) is 3.68. The topological polar surface area (TPSA) is 66.8 Å². The number of carboxylic acid groups (broad SMARTS) is 1. The van der Waals surface area contributed by atoms with Gasteiger partial charge in [0, 0.05) is 18.5 Å². The molecule has 2 heterocycles. The Bertz CT molecular complexity index is 290. The summed E-state index contributed by atoms with van der Waals surface area (Å²) < 4.78 is 4.76. The molecule has 2 bridgehead atoms. The Morgan fingerprint density at radius 3 is 2.31 bits per heavy atom. The quantitative estimate of drug-likeness (QED) is 0.775. The van der Waals surface area contributed by atoms with E-state index in [1.807, 2.05) is 0 Å². The van der Waals surface area contributed by atoms with E-state index in [1.165, 1.54) is 7.11 Å². The standard InChI is InChI=1S/C11H17NO4/c1-16-11(15)12-8-2-3-9(12)5-7(4-8)6-10(13)14/h7-9H,2-6H2,1H3,(H,13,14). The molecule has 1 amide bonds. The number of carbonyl (C=O) groups is 2. The van der Waals surface area contributed by atoms with Gasteiger partial charge in [-0.25, -0.2) is 4.79 Å². The summed E-state index contributed by atoms with van der Waals surface area (Å²) in [4.78, 5) is 24.0. The summed E-state index contributed by atoms with van der Waals surface area (Å²) in [5, 5.41) is 8.77. The molecule has 0 aromatic heterocycles. The minimum absolute atomic E-state index is 0.190. The van der Waals surface area contributed by atoms with E-state index in [4.69, 9.17) is 9.84 Å². The monoisotopic (exact) mass is 227 g/mol. The van der Waals surface area contributed by atoms with Crippen LogP contribution in [0.5, 0.6) is 0 Å². The molecule has 2 aliphatic heterocycles. The first-order chi connectivity index (χ1) is 7.61. The third-order valence-electron chi connectivity index (χ3n) is 3.68. The molecule has 16 heavy (non-hydrogen) atoms. The van der Waals surface area contributed by atoms with Crippen LogP contribution in [0.2, 0.25) is 0 Å². The molecular weight excluding hydrogens is 210 g/mol. The van der Waals surface area contributed by atoms with Crippen LogP contribution in [0, 0.1) is 5.92 Å². The fraction of sp³-hybridized carbons (Fsp3) is 0.818. The molecule has 2 rings (SSSR count). The van der Waals surface area contributed by atoms with E-state index in [-0.39, 0.29) is 30.5 Å². The first-order valence-corrected chi connectivity index (χ1v) is 5.70. The minimum Gasteiger partial charge on any atom is -0.481 e. The molecular formula is C11H17NO4. The van der Waals surface area contributed by atoms with Gasteiger partial charge in [0.1, 0.15) is 0 Å². The van der Waals surface area contributed by atoms with Gasteiger partial charge in [-0.3, -0.25) is 4.79 Å². The Morgan fingerprint density at radius 2 is 1.88 bits per heavy atom. The summed E-state index contributed by atoms with van der Waals surface area (Å²) in [6, 6.07) is 0.381. The van der Waals surface area contributed by atoms with E-state index in [0.29, 0.717) is 0 Å². The minimum atomic E-state index is -0.740. The smallest absolute Gasteiger partial charge is 0.409 e. The molecule has 5 heteroatoms. The lowest BCUT2D eigenvalue weighted by Gasteiger charge is -2.37. The molecule has 0 spiro atoms. The van der Waals surface area contributed by atoms with E-state index in [9.17, 15) is 9.59 Å². The second-order valence-electron chi connectivity index (χ2n) is 4.70. The van der Waals surface area contributed by atoms with Crippen LogP contribution in [0.1, 0.15) is 32.1 Å². The molecule has 0 saturated carbocycles. The van der Waals surface area contributed by atoms with Crippen molar-refractivity contribution < 1.29 is 19.4 Å². The van der Waals surface area contributed by atoms with Gasteiger partial charge in [-0.2, -0.15) is 0 Å². The maximum Gasteiger partial charge on any atom is 0.409 e. The highest BCUT2D eigenvalue weighted by Crippen LogP contribution is 2.40. The van der Waals surface area contributed by atoms with Crippen LogP contribution in [-0.4, -0.2) is 41.3 Å². The lowest BCUT2D eigenvalue weighted by molar-refractivity contribution is -0.138. The Labute approximate surface area is 94.4 Å². The summed E-state index contributed by atoms with van der Waals surface area (Å²) in [5.74, 6) is -0.521. The van der Waals surface area contributed by atoms with Crippen molar-refractivity contribution in [1.82, 2.24) is 4.90 Å². The molecule has 2 fully saturated rings. The molecule has 0 aromatic carbocycles. The van der Waals surface area contributed by atoms with Gasteiger partial charge in [-0.15, -0.1) is 0 Å². The molecule has 0 radical (unpaired) electrons. The molecule has 2 atom stereocenters. The van der Waals surface area contributed by atoms with Gasteiger partial charge in [-0.1, -0.05) is 0 Å². The predicted molar refractivity (Wildman–Crippen MR) is 56.0 cm³/mol. The van der Waals surface area contributed by atoms with Crippen LogP contribution >= 0.6 is 0 Å². The van der Waals surface area contributed by atoms with E-state index in [0.717, 1.165) is 25.7 Å². The number of ether oxygens (including phenoxy) is 1. The average molecular weight is 227 g/mol. The SMILES string of the molecule is COC(=O)N1C2CCC1CC(CC(=O)O)C2. The highest BCUT2D eigenvalue weighted by molar-refractivity contribution is 5.69. The molecule has 5 nitrogen and oxygen atoms in total. The number of fused-ring (bicyclic) bond motifs is 2. The zero-order valence-corrected chi connectivity index (χ0v) is 9.39. The van der Waals surface area contributed by atoms with Crippen LogP contribution in [-0.2, 0) is 9.53 Å². The molecule has 2 aliphatic rings. The van der Waals surface area contributed by atoms with Crippen molar-refractivity contribution in [3.8, 4) is 0 Å². The van der Waals surface area contributed by atoms with Crippen molar-refractivity contribution in [2.75, 3.05) is 7.11 Å². The maximum absolute atomic E-state index is 11.5. The van der Waals surface area contributed by atoms with Gasteiger partial charge in [0.2, 0.25) is 0 Å². The number of carbonyl (C=O) groups excluding carboxylic acids is 1. The number of hydrogen-bond donors (Lipinski definition) is 1. The highest BCUT2D eigenvalue weighted by Gasteiger charge is 2.44. The zero-order chi connectivity index (χ0) is 11.7. The molecule has 2 saturated heterocycles. The summed E-state index contributed by atoms with van der Waals surface area (Å²) >= 11 is 0. The van der Waals surface area contributed by atoms with Gasteiger partial charge >= 0.3 is 12.1 Å². The van der Waals surface area contributed by atoms with Crippen LogP contribution < -0.4 is 0 Å². The Kier molecular flexibility index (Phi) is 3.03.